The summed E-state index contributed by atoms with van der Waals surface area (Å²) in [5.74, 6) is 2.69. The number of benzene rings is 1. The number of ether oxygens (including phenoxy) is 2. The number of hydrogen-bond acceptors (Lipinski definition) is 7. The molecule has 4 rings (SSSR count). The zero-order chi connectivity index (χ0) is 25.5. The number of rotatable bonds is 9. The minimum atomic E-state index is -0.314. The number of amides is 1. The summed E-state index contributed by atoms with van der Waals surface area (Å²) in [7, 11) is 3.11. The largest absolute Gasteiger partial charge is 0.375 e. The van der Waals surface area contributed by atoms with E-state index in [-0.39, 0.29) is 18.6 Å². The van der Waals surface area contributed by atoms with Crippen molar-refractivity contribution < 1.29 is 14.3 Å². The molecule has 1 atom stereocenters. The third-order valence-electron chi connectivity index (χ3n) is 5.45. The van der Waals surface area contributed by atoms with Gasteiger partial charge in [0.2, 0.25) is 0 Å². The predicted molar refractivity (Wildman–Crippen MR) is 136 cm³/mol. The lowest BCUT2D eigenvalue weighted by atomic mass is 10.0. The van der Waals surface area contributed by atoms with Gasteiger partial charge >= 0.3 is 0 Å². The van der Waals surface area contributed by atoms with Gasteiger partial charge in [0.05, 0.1) is 35.9 Å². The summed E-state index contributed by atoms with van der Waals surface area (Å²) in [6.07, 6.45) is 7.29. The van der Waals surface area contributed by atoms with Crippen molar-refractivity contribution in [3.63, 3.8) is 0 Å². The molecule has 1 amide bonds. The molecule has 3 aromatic heterocycles. The second-order valence-electron chi connectivity index (χ2n) is 8.07. The van der Waals surface area contributed by atoms with Crippen LogP contribution in [0.4, 0.5) is 5.82 Å². The van der Waals surface area contributed by atoms with Crippen molar-refractivity contribution in [1.82, 2.24) is 25.0 Å². The fourth-order valence-electron chi connectivity index (χ4n) is 3.58. The van der Waals surface area contributed by atoms with E-state index in [1.165, 1.54) is 7.11 Å². The van der Waals surface area contributed by atoms with E-state index in [1.807, 2.05) is 61.7 Å². The fourth-order valence-corrected chi connectivity index (χ4v) is 3.58. The Hall–Kier alpha value is -4.39. The minimum Gasteiger partial charge on any atom is -0.375 e. The highest BCUT2D eigenvalue weighted by molar-refractivity contribution is 5.91. The van der Waals surface area contributed by atoms with Gasteiger partial charge in [-0.2, -0.15) is 0 Å². The SMILES string of the molecule is C#Cc1cccc(-c2cc(-c3cn(Cc4cccc(C(C)OC)n4)nn3)cc(NC(=O)COC)n2)c1. The highest BCUT2D eigenvalue weighted by atomic mass is 16.5. The summed E-state index contributed by atoms with van der Waals surface area (Å²) in [5, 5.41) is 11.4. The van der Waals surface area contributed by atoms with Crippen LogP contribution in [0, 0.1) is 12.3 Å². The van der Waals surface area contributed by atoms with E-state index in [1.54, 1.807) is 17.9 Å². The molecule has 0 spiro atoms. The van der Waals surface area contributed by atoms with Gasteiger partial charge < -0.3 is 14.8 Å². The van der Waals surface area contributed by atoms with E-state index >= 15 is 0 Å². The number of carbonyl (C=O) groups is 1. The summed E-state index contributed by atoms with van der Waals surface area (Å²) >= 11 is 0. The number of terminal acetylenes is 1. The van der Waals surface area contributed by atoms with Crippen molar-refractivity contribution in [3.05, 3.63) is 77.7 Å². The third-order valence-corrected chi connectivity index (χ3v) is 5.45. The molecule has 0 saturated carbocycles. The molecule has 0 aliphatic rings. The average molecular weight is 483 g/mol. The number of pyridine rings is 2. The first-order valence-corrected chi connectivity index (χ1v) is 11.3. The predicted octanol–water partition coefficient (Wildman–Crippen LogP) is 3.72. The van der Waals surface area contributed by atoms with Crippen molar-refractivity contribution in [1.29, 1.82) is 0 Å². The topological polar surface area (TPSA) is 104 Å². The Labute approximate surface area is 209 Å². The van der Waals surface area contributed by atoms with Gasteiger partial charge in [-0.05, 0) is 43.3 Å². The number of methoxy groups -OCH3 is 2. The van der Waals surface area contributed by atoms with Crippen molar-refractivity contribution in [2.75, 3.05) is 26.1 Å². The number of nitrogens with one attached hydrogen (secondary N) is 1. The minimum absolute atomic E-state index is 0.0856. The lowest BCUT2D eigenvalue weighted by Gasteiger charge is -2.10. The molecular formula is C27H26N6O3. The third kappa shape index (κ3) is 5.99. The number of hydrogen-bond donors (Lipinski definition) is 1. The van der Waals surface area contributed by atoms with Gasteiger partial charge in [0.25, 0.3) is 5.91 Å². The highest BCUT2D eigenvalue weighted by Crippen LogP contribution is 2.27. The molecular weight excluding hydrogens is 456 g/mol. The second-order valence-corrected chi connectivity index (χ2v) is 8.07. The van der Waals surface area contributed by atoms with Crippen molar-refractivity contribution in [3.8, 4) is 34.9 Å². The Bertz CT molecular complexity index is 1410. The first-order chi connectivity index (χ1) is 17.5. The molecule has 182 valence electrons. The highest BCUT2D eigenvalue weighted by Gasteiger charge is 2.13. The fraction of sp³-hybridized carbons (Fsp3) is 0.222. The summed E-state index contributed by atoms with van der Waals surface area (Å²) in [6.45, 7) is 2.30. The smallest absolute Gasteiger partial charge is 0.251 e. The lowest BCUT2D eigenvalue weighted by Crippen LogP contribution is -2.18. The normalized spacial score (nSPS) is 11.6. The van der Waals surface area contributed by atoms with Gasteiger partial charge in [-0.15, -0.1) is 11.5 Å². The quantitative estimate of drug-likeness (QED) is 0.363. The number of anilines is 1. The van der Waals surface area contributed by atoms with Gasteiger partial charge in [0.1, 0.15) is 18.1 Å². The Morgan fingerprint density at radius 2 is 1.92 bits per heavy atom. The number of nitrogens with zero attached hydrogens (tertiary/aromatic N) is 5. The zero-order valence-electron chi connectivity index (χ0n) is 20.3. The molecule has 36 heavy (non-hydrogen) atoms. The van der Waals surface area contributed by atoms with Crippen LogP contribution in [0.15, 0.2) is 60.8 Å². The summed E-state index contributed by atoms with van der Waals surface area (Å²) in [4.78, 5) is 21.4. The van der Waals surface area contributed by atoms with Crippen LogP contribution in [-0.4, -0.2) is 51.7 Å². The molecule has 4 aromatic rings. The monoisotopic (exact) mass is 482 g/mol. The molecule has 0 aliphatic heterocycles. The maximum absolute atomic E-state index is 12.2. The Morgan fingerprint density at radius 1 is 1.08 bits per heavy atom. The standard InChI is InChI=1S/C27H26N6O3/c1-5-19-8-6-9-20(12-19)24-13-21(14-26(29-24)30-27(34)17-35-3)25-16-33(32-31-25)15-22-10-7-11-23(28-22)18(2)36-4/h1,6-14,16,18H,15,17H2,2-4H3,(H,29,30,34). The van der Waals surface area contributed by atoms with Crippen LogP contribution >= 0.6 is 0 Å². The molecule has 1 N–H and O–H groups in total. The molecule has 3 heterocycles. The van der Waals surface area contributed by atoms with E-state index in [0.29, 0.717) is 23.8 Å². The number of aromatic nitrogens is 5. The van der Waals surface area contributed by atoms with E-state index in [9.17, 15) is 4.79 Å². The van der Waals surface area contributed by atoms with Gasteiger partial charge in [-0.25, -0.2) is 9.67 Å². The molecule has 1 aromatic carbocycles. The van der Waals surface area contributed by atoms with Crippen LogP contribution in [0.5, 0.6) is 0 Å². The first-order valence-electron chi connectivity index (χ1n) is 11.3. The second kappa shape index (κ2) is 11.4. The molecule has 1 unspecified atom stereocenters. The van der Waals surface area contributed by atoms with E-state index in [2.05, 4.69) is 31.5 Å². The summed E-state index contributed by atoms with van der Waals surface area (Å²) in [5.41, 5.74) is 5.22. The van der Waals surface area contributed by atoms with E-state index in [4.69, 9.17) is 15.9 Å². The number of carbonyl (C=O) groups excluding carboxylic acids is 1. The summed E-state index contributed by atoms with van der Waals surface area (Å²) < 4.78 is 12.0. The maximum atomic E-state index is 12.2. The van der Waals surface area contributed by atoms with Gasteiger partial charge in [-0.3, -0.25) is 9.78 Å². The van der Waals surface area contributed by atoms with Crippen molar-refractivity contribution in [2.24, 2.45) is 0 Å². The van der Waals surface area contributed by atoms with Crippen LogP contribution in [0.25, 0.3) is 22.5 Å². The molecule has 0 saturated heterocycles. The van der Waals surface area contributed by atoms with Crippen LogP contribution in [0.1, 0.15) is 30.0 Å². The molecule has 9 heteroatoms. The van der Waals surface area contributed by atoms with Gasteiger partial charge in [0, 0.05) is 30.9 Å². The van der Waals surface area contributed by atoms with Gasteiger partial charge in [-0.1, -0.05) is 29.3 Å². The average Bonchev–Trinajstić information content (AvgIpc) is 3.37. The summed E-state index contributed by atoms with van der Waals surface area (Å²) in [6, 6.07) is 16.9. The van der Waals surface area contributed by atoms with Gasteiger partial charge in [0.15, 0.2) is 0 Å². The molecule has 0 aliphatic carbocycles. The van der Waals surface area contributed by atoms with Crippen LogP contribution in [0.2, 0.25) is 0 Å². The molecule has 0 fully saturated rings. The Balaban J connectivity index is 1.66. The van der Waals surface area contributed by atoms with E-state index < -0.39 is 0 Å². The zero-order valence-corrected chi connectivity index (χ0v) is 20.3. The first kappa shape index (κ1) is 24.7. The molecule has 9 nitrogen and oxygen atoms in total. The van der Waals surface area contributed by atoms with E-state index in [0.717, 1.165) is 28.1 Å². The Kier molecular flexibility index (Phi) is 7.80. The van der Waals surface area contributed by atoms with Crippen molar-refractivity contribution >= 4 is 11.7 Å². The van der Waals surface area contributed by atoms with Crippen LogP contribution in [0.3, 0.4) is 0 Å². The van der Waals surface area contributed by atoms with Crippen LogP contribution < -0.4 is 5.32 Å². The molecule has 0 radical (unpaired) electrons. The van der Waals surface area contributed by atoms with Crippen molar-refractivity contribution in [2.45, 2.75) is 19.6 Å². The van der Waals surface area contributed by atoms with Crippen LogP contribution in [-0.2, 0) is 20.8 Å². The lowest BCUT2D eigenvalue weighted by molar-refractivity contribution is -0.119. The Morgan fingerprint density at radius 3 is 2.69 bits per heavy atom. The maximum Gasteiger partial charge on any atom is 0.251 e. The molecule has 0 bridgehead atoms.